The molecule has 2 aliphatic rings. The van der Waals surface area contributed by atoms with Crippen LogP contribution in [0.4, 0.5) is 0 Å². The van der Waals surface area contributed by atoms with Crippen molar-refractivity contribution in [1.82, 2.24) is 9.21 Å². The number of ketones is 1. The number of hydrogen-bond acceptors (Lipinski definition) is 5. The molecule has 2 aromatic rings. The van der Waals surface area contributed by atoms with E-state index in [1.165, 1.54) is 22.7 Å². The molecule has 1 aromatic heterocycles. The summed E-state index contributed by atoms with van der Waals surface area (Å²) in [7, 11) is -3.65. The van der Waals surface area contributed by atoms with Gasteiger partial charge >= 0.3 is 0 Å². The molecule has 0 spiro atoms. The van der Waals surface area contributed by atoms with Crippen molar-refractivity contribution in [1.29, 1.82) is 0 Å². The summed E-state index contributed by atoms with van der Waals surface area (Å²) >= 11 is 0. The van der Waals surface area contributed by atoms with Gasteiger partial charge in [-0.3, -0.25) is 9.59 Å². The smallest absolute Gasteiger partial charge is 0.289 e. The average Bonchev–Trinajstić information content (AvgIpc) is 3.41. The van der Waals surface area contributed by atoms with Crippen molar-refractivity contribution in [2.75, 3.05) is 26.2 Å². The number of benzene rings is 1. The average molecular weight is 388 g/mol. The zero-order valence-electron chi connectivity index (χ0n) is 14.7. The highest BCUT2D eigenvalue weighted by molar-refractivity contribution is 7.89. The van der Waals surface area contributed by atoms with Crippen molar-refractivity contribution < 1.29 is 22.4 Å². The quantitative estimate of drug-likeness (QED) is 0.731. The van der Waals surface area contributed by atoms with Gasteiger partial charge in [-0.1, -0.05) is 12.1 Å². The van der Waals surface area contributed by atoms with Crippen LogP contribution in [0, 0.1) is 5.92 Å². The van der Waals surface area contributed by atoms with Gasteiger partial charge in [0.15, 0.2) is 11.5 Å². The van der Waals surface area contributed by atoms with Crippen LogP contribution in [0.3, 0.4) is 0 Å². The van der Waals surface area contributed by atoms with Gasteiger partial charge in [0.05, 0.1) is 11.2 Å². The fraction of sp³-hybridized carbons (Fsp3) is 0.368. The molecule has 0 radical (unpaired) electrons. The Balaban J connectivity index is 1.42. The number of furan rings is 1. The Bertz CT molecular complexity index is 938. The van der Waals surface area contributed by atoms with Crippen molar-refractivity contribution in [3.8, 4) is 0 Å². The van der Waals surface area contributed by atoms with E-state index in [1.807, 2.05) is 0 Å². The fourth-order valence-corrected chi connectivity index (χ4v) is 4.63. The zero-order chi connectivity index (χ0) is 19.0. The lowest BCUT2D eigenvalue weighted by atomic mass is 10.1. The minimum Gasteiger partial charge on any atom is -0.459 e. The summed E-state index contributed by atoms with van der Waals surface area (Å²) in [6.45, 7) is 1.04. The molecule has 1 aliphatic heterocycles. The standard InChI is InChI=1S/C19H20N2O5S/c22-18(14-3-4-14)15-5-7-16(8-6-15)27(24,25)21-11-9-20(10-12-21)19(23)17-2-1-13-26-17/h1-2,5-8,13-14H,3-4,9-12H2. The Morgan fingerprint density at radius 1 is 0.963 bits per heavy atom. The van der Waals surface area contributed by atoms with Crippen LogP contribution < -0.4 is 0 Å². The van der Waals surface area contributed by atoms with E-state index in [-0.39, 0.29) is 41.4 Å². The molecule has 1 aromatic carbocycles. The predicted molar refractivity (Wildman–Crippen MR) is 96.9 cm³/mol. The highest BCUT2D eigenvalue weighted by Crippen LogP contribution is 2.32. The van der Waals surface area contributed by atoms with E-state index < -0.39 is 10.0 Å². The molecule has 7 nitrogen and oxygen atoms in total. The third kappa shape index (κ3) is 3.54. The van der Waals surface area contributed by atoms with Crippen molar-refractivity contribution >= 4 is 21.7 Å². The van der Waals surface area contributed by atoms with Crippen LogP contribution in [-0.2, 0) is 10.0 Å². The molecule has 2 heterocycles. The molecule has 142 valence electrons. The van der Waals surface area contributed by atoms with Gasteiger partial charge in [-0.15, -0.1) is 0 Å². The first-order chi connectivity index (χ1) is 13.0. The monoisotopic (exact) mass is 388 g/mol. The van der Waals surface area contributed by atoms with Crippen LogP contribution in [0.2, 0.25) is 0 Å². The normalized spacial score (nSPS) is 18.4. The van der Waals surface area contributed by atoms with Gasteiger partial charge in [0.25, 0.3) is 5.91 Å². The van der Waals surface area contributed by atoms with Crippen molar-refractivity contribution in [2.24, 2.45) is 5.92 Å². The molecular formula is C19H20N2O5S. The Hall–Kier alpha value is -2.45. The van der Waals surface area contributed by atoms with Gasteiger partial charge in [-0.2, -0.15) is 4.31 Å². The van der Waals surface area contributed by atoms with Crippen LogP contribution in [-0.4, -0.2) is 55.5 Å². The Morgan fingerprint density at radius 3 is 2.19 bits per heavy atom. The number of hydrogen-bond donors (Lipinski definition) is 0. The fourth-order valence-electron chi connectivity index (χ4n) is 3.21. The summed E-state index contributed by atoms with van der Waals surface area (Å²) in [5.74, 6) is 0.207. The summed E-state index contributed by atoms with van der Waals surface area (Å²) < 4.78 is 32.2. The van der Waals surface area contributed by atoms with E-state index in [0.29, 0.717) is 18.7 Å². The summed E-state index contributed by atoms with van der Waals surface area (Å²) in [6, 6.07) is 9.40. The lowest BCUT2D eigenvalue weighted by molar-refractivity contribution is 0.0666. The topological polar surface area (TPSA) is 87.9 Å². The van der Waals surface area contributed by atoms with Crippen LogP contribution in [0.25, 0.3) is 0 Å². The lowest BCUT2D eigenvalue weighted by Crippen LogP contribution is -2.50. The minimum atomic E-state index is -3.65. The SMILES string of the molecule is O=C(c1ccc(S(=O)(=O)N2CCN(C(=O)c3ccco3)CC2)cc1)C1CC1. The van der Waals surface area contributed by atoms with E-state index >= 15 is 0 Å². The molecule has 0 bridgehead atoms. The first kappa shape index (κ1) is 17.9. The maximum Gasteiger partial charge on any atom is 0.289 e. The van der Waals surface area contributed by atoms with Crippen molar-refractivity contribution in [2.45, 2.75) is 17.7 Å². The first-order valence-corrected chi connectivity index (χ1v) is 10.4. The van der Waals surface area contributed by atoms with Crippen LogP contribution in [0.15, 0.2) is 52.0 Å². The van der Waals surface area contributed by atoms with E-state index in [0.717, 1.165) is 12.8 Å². The zero-order valence-corrected chi connectivity index (χ0v) is 15.5. The van der Waals surface area contributed by atoms with Gasteiger partial charge in [0, 0.05) is 37.7 Å². The predicted octanol–water partition coefficient (Wildman–Crippen LogP) is 2.02. The number of nitrogens with zero attached hydrogens (tertiary/aromatic N) is 2. The third-order valence-electron chi connectivity index (χ3n) is 4.98. The first-order valence-electron chi connectivity index (χ1n) is 8.94. The number of amides is 1. The molecule has 1 saturated carbocycles. The summed E-state index contributed by atoms with van der Waals surface area (Å²) in [4.78, 5) is 26.1. The number of Topliss-reactive ketones (excluding diaryl/α,β-unsaturated/α-hetero) is 1. The maximum absolute atomic E-state index is 12.8. The third-order valence-corrected chi connectivity index (χ3v) is 6.90. The van der Waals surface area contributed by atoms with Gasteiger partial charge in [-0.05, 0) is 37.1 Å². The Kier molecular flexibility index (Phi) is 4.61. The summed E-state index contributed by atoms with van der Waals surface area (Å²) in [5.41, 5.74) is 0.560. The second-order valence-corrected chi connectivity index (χ2v) is 8.77. The molecule has 27 heavy (non-hydrogen) atoms. The van der Waals surface area contributed by atoms with E-state index in [2.05, 4.69) is 0 Å². The highest BCUT2D eigenvalue weighted by Gasteiger charge is 2.32. The molecule has 0 unspecified atom stereocenters. The molecule has 1 saturated heterocycles. The number of carbonyl (C=O) groups excluding carboxylic acids is 2. The summed E-state index contributed by atoms with van der Waals surface area (Å²) in [6.07, 6.45) is 3.27. The van der Waals surface area contributed by atoms with Crippen molar-refractivity contribution in [3.05, 3.63) is 54.0 Å². The van der Waals surface area contributed by atoms with Crippen molar-refractivity contribution in [3.63, 3.8) is 0 Å². The van der Waals surface area contributed by atoms with E-state index in [9.17, 15) is 18.0 Å². The highest BCUT2D eigenvalue weighted by atomic mass is 32.2. The van der Waals surface area contributed by atoms with Gasteiger partial charge in [-0.25, -0.2) is 8.42 Å². The molecule has 1 aliphatic carbocycles. The second kappa shape index (κ2) is 6.94. The van der Waals surface area contributed by atoms with Gasteiger partial charge in [0.1, 0.15) is 0 Å². The number of piperazine rings is 1. The number of carbonyl (C=O) groups is 2. The molecule has 2 fully saturated rings. The second-order valence-electron chi connectivity index (χ2n) is 6.84. The maximum atomic E-state index is 12.8. The van der Waals surface area contributed by atoms with Crippen LogP contribution >= 0.6 is 0 Å². The Labute approximate surface area is 157 Å². The molecule has 1 amide bonds. The molecule has 0 atom stereocenters. The van der Waals surface area contributed by atoms with Crippen LogP contribution in [0.5, 0.6) is 0 Å². The van der Waals surface area contributed by atoms with E-state index in [1.54, 1.807) is 29.2 Å². The van der Waals surface area contributed by atoms with Gasteiger partial charge < -0.3 is 9.32 Å². The molecule has 4 rings (SSSR count). The Morgan fingerprint density at radius 2 is 1.63 bits per heavy atom. The molecule has 8 heteroatoms. The molecule has 0 N–H and O–H groups in total. The molecular weight excluding hydrogens is 368 g/mol. The van der Waals surface area contributed by atoms with E-state index in [4.69, 9.17) is 4.42 Å². The largest absolute Gasteiger partial charge is 0.459 e. The lowest BCUT2D eigenvalue weighted by Gasteiger charge is -2.33. The summed E-state index contributed by atoms with van der Waals surface area (Å²) in [5, 5.41) is 0. The van der Waals surface area contributed by atoms with Gasteiger partial charge in [0.2, 0.25) is 10.0 Å². The van der Waals surface area contributed by atoms with Crippen LogP contribution in [0.1, 0.15) is 33.8 Å². The minimum absolute atomic E-state index is 0.0870. The number of sulfonamides is 1. The number of rotatable bonds is 5.